The number of benzene rings is 3. The van der Waals surface area contributed by atoms with E-state index in [-0.39, 0.29) is 5.41 Å². The molecule has 3 aromatic carbocycles. The number of nitrogens with one attached hydrogen (secondary N) is 2. The highest BCUT2D eigenvalue weighted by molar-refractivity contribution is 5.98. The standard InChI is InChI=1S/C31H36N4O2/c1-21(34-28-19-23(31(2,3)4)18-22(20-35(5)6)30(28)36-7)33-27-12-13-29(26-11-9-8-10-25(26)27)37-24-14-16-32-17-15-24/h8-19,33-34H,1,20H2,2-7H3. The lowest BCUT2D eigenvalue weighted by Gasteiger charge is -2.25. The van der Waals surface area contributed by atoms with Gasteiger partial charge in [0.1, 0.15) is 23.1 Å². The summed E-state index contributed by atoms with van der Waals surface area (Å²) in [5.74, 6) is 2.98. The van der Waals surface area contributed by atoms with Crippen molar-refractivity contribution in [2.45, 2.75) is 32.7 Å². The molecule has 4 rings (SSSR count). The number of hydrogen-bond acceptors (Lipinski definition) is 6. The van der Waals surface area contributed by atoms with E-state index in [1.807, 2.05) is 36.4 Å². The van der Waals surface area contributed by atoms with Gasteiger partial charge in [-0.1, -0.05) is 57.7 Å². The molecule has 1 heterocycles. The van der Waals surface area contributed by atoms with Gasteiger partial charge in [-0.2, -0.15) is 0 Å². The van der Waals surface area contributed by atoms with E-state index >= 15 is 0 Å². The Labute approximate surface area is 219 Å². The van der Waals surface area contributed by atoms with Crippen LogP contribution in [0, 0.1) is 0 Å². The Morgan fingerprint density at radius 3 is 2.24 bits per heavy atom. The number of rotatable bonds is 9. The van der Waals surface area contributed by atoms with Crippen molar-refractivity contribution < 1.29 is 9.47 Å². The fourth-order valence-electron chi connectivity index (χ4n) is 4.27. The van der Waals surface area contributed by atoms with Crippen molar-refractivity contribution in [3.05, 3.63) is 96.6 Å². The van der Waals surface area contributed by atoms with E-state index in [0.717, 1.165) is 51.5 Å². The summed E-state index contributed by atoms with van der Waals surface area (Å²) in [6, 6.07) is 20.2. The van der Waals surface area contributed by atoms with Crippen molar-refractivity contribution in [2.75, 3.05) is 31.8 Å². The van der Waals surface area contributed by atoms with Crippen molar-refractivity contribution in [2.24, 2.45) is 0 Å². The van der Waals surface area contributed by atoms with Crippen LogP contribution in [-0.4, -0.2) is 31.1 Å². The van der Waals surface area contributed by atoms with Crippen molar-refractivity contribution in [3.63, 3.8) is 0 Å². The minimum Gasteiger partial charge on any atom is -0.494 e. The quantitative estimate of drug-likeness (QED) is 0.252. The highest BCUT2D eigenvalue weighted by Crippen LogP contribution is 2.38. The van der Waals surface area contributed by atoms with Gasteiger partial charge < -0.3 is 25.0 Å². The molecule has 4 aromatic rings. The highest BCUT2D eigenvalue weighted by Gasteiger charge is 2.20. The molecule has 0 aliphatic carbocycles. The maximum Gasteiger partial charge on any atom is 0.146 e. The smallest absolute Gasteiger partial charge is 0.146 e. The van der Waals surface area contributed by atoms with Crippen LogP contribution in [0.3, 0.4) is 0 Å². The second kappa shape index (κ2) is 10.9. The van der Waals surface area contributed by atoms with Crippen LogP contribution in [0.25, 0.3) is 10.8 Å². The van der Waals surface area contributed by atoms with E-state index in [9.17, 15) is 0 Å². The van der Waals surface area contributed by atoms with Crippen molar-refractivity contribution in [1.29, 1.82) is 0 Å². The number of pyridine rings is 1. The molecule has 0 fully saturated rings. The van der Waals surface area contributed by atoms with Crippen LogP contribution in [0.15, 0.2) is 85.5 Å². The Morgan fingerprint density at radius 1 is 0.919 bits per heavy atom. The number of aromatic nitrogens is 1. The molecule has 0 amide bonds. The molecule has 0 aliphatic rings. The summed E-state index contributed by atoms with van der Waals surface area (Å²) in [7, 11) is 5.83. The molecule has 0 unspecified atom stereocenters. The van der Waals surface area contributed by atoms with E-state index in [2.05, 4.69) is 86.2 Å². The summed E-state index contributed by atoms with van der Waals surface area (Å²) in [5.41, 5.74) is 4.14. The minimum atomic E-state index is -0.0145. The Bertz CT molecular complexity index is 1390. The van der Waals surface area contributed by atoms with E-state index < -0.39 is 0 Å². The molecule has 6 heteroatoms. The highest BCUT2D eigenvalue weighted by atomic mass is 16.5. The molecule has 0 radical (unpaired) electrons. The van der Waals surface area contributed by atoms with Crippen LogP contribution in [0.1, 0.15) is 31.9 Å². The van der Waals surface area contributed by atoms with Gasteiger partial charge in [0.05, 0.1) is 12.8 Å². The molecular weight excluding hydrogens is 460 g/mol. The monoisotopic (exact) mass is 496 g/mol. The van der Waals surface area contributed by atoms with Gasteiger partial charge in [0, 0.05) is 41.0 Å². The second-order valence-corrected chi connectivity index (χ2v) is 10.4. The molecule has 2 N–H and O–H groups in total. The van der Waals surface area contributed by atoms with E-state index in [1.54, 1.807) is 19.5 Å². The molecule has 0 bridgehead atoms. The molecule has 0 saturated heterocycles. The number of anilines is 2. The summed E-state index contributed by atoms with van der Waals surface area (Å²) < 4.78 is 12.0. The van der Waals surface area contributed by atoms with Crippen LogP contribution < -0.4 is 20.1 Å². The van der Waals surface area contributed by atoms with E-state index in [4.69, 9.17) is 9.47 Å². The van der Waals surface area contributed by atoms with Gasteiger partial charge >= 0.3 is 0 Å². The summed E-state index contributed by atoms with van der Waals surface area (Å²) in [5, 5.41) is 8.95. The third-order valence-corrected chi connectivity index (χ3v) is 6.06. The Hall–Kier alpha value is -4.03. The largest absolute Gasteiger partial charge is 0.494 e. The van der Waals surface area contributed by atoms with Crippen molar-refractivity contribution >= 4 is 22.1 Å². The summed E-state index contributed by atoms with van der Waals surface area (Å²) in [6.07, 6.45) is 3.44. The molecule has 192 valence electrons. The first-order valence-electron chi connectivity index (χ1n) is 12.3. The maximum absolute atomic E-state index is 6.14. The Balaban J connectivity index is 1.64. The first-order valence-corrected chi connectivity index (χ1v) is 12.3. The predicted molar refractivity (Wildman–Crippen MR) is 154 cm³/mol. The molecule has 37 heavy (non-hydrogen) atoms. The SMILES string of the molecule is C=C(Nc1cc(C(C)(C)C)cc(CN(C)C)c1OC)Nc1ccc(Oc2ccncc2)c2ccccc12. The van der Waals surface area contributed by atoms with Crippen LogP contribution in [0.2, 0.25) is 0 Å². The van der Waals surface area contributed by atoms with Crippen LogP contribution >= 0.6 is 0 Å². The predicted octanol–water partition coefficient (Wildman–Crippen LogP) is 7.39. The Kier molecular flexibility index (Phi) is 7.69. The fourth-order valence-corrected chi connectivity index (χ4v) is 4.27. The number of methoxy groups -OCH3 is 1. The topological polar surface area (TPSA) is 58.7 Å². The maximum atomic E-state index is 6.14. The molecule has 0 spiro atoms. The molecule has 1 aromatic heterocycles. The van der Waals surface area contributed by atoms with Gasteiger partial charge in [-0.25, -0.2) is 0 Å². The molecular formula is C31H36N4O2. The van der Waals surface area contributed by atoms with Gasteiger partial charge in [0.15, 0.2) is 0 Å². The van der Waals surface area contributed by atoms with E-state index in [0.29, 0.717) is 5.82 Å². The average molecular weight is 497 g/mol. The van der Waals surface area contributed by atoms with Crippen molar-refractivity contribution in [1.82, 2.24) is 9.88 Å². The zero-order chi connectivity index (χ0) is 26.6. The van der Waals surface area contributed by atoms with Crippen molar-refractivity contribution in [3.8, 4) is 17.2 Å². The van der Waals surface area contributed by atoms with E-state index in [1.165, 1.54) is 5.56 Å². The van der Waals surface area contributed by atoms with Gasteiger partial charge in [-0.15, -0.1) is 0 Å². The van der Waals surface area contributed by atoms with Crippen LogP contribution in [0.4, 0.5) is 11.4 Å². The number of hydrogen-bond donors (Lipinski definition) is 2. The van der Waals surface area contributed by atoms with Crippen LogP contribution in [-0.2, 0) is 12.0 Å². The second-order valence-electron chi connectivity index (χ2n) is 10.4. The summed E-state index contributed by atoms with van der Waals surface area (Å²) in [4.78, 5) is 6.20. The average Bonchev–Trinajstić information content (AvgIpc) is 2.85. The zero-order valence-corrected chi connectivity index (χ0v) is 22.6. The van der Waals surface area contributed by atoms with Crippen LogP contribution in [0.5, 0.6) is 17.2 Å². The zero-order valence-electron chi connectivity index (χ0n) is 22.6. The van der Waals surface area contributed by atoms with Gasteiger partial charge in [0.25, 0.3) is 0 Å². The molecule has 0 saturated carbocycles. The van der Waals surface area contributed by atoms with Gasteiger partial charge in [-0.3, -0.25) is 4.98 Å². The van der Waals surface area contributed by atoms with Gasteiger partial charge in [-0.05, 0) is 55.4 Å². The lowest BCUT2D eigenvalue weighted by Crippen LogP contribution is -2.17. The number of ether oxygens (including phenoxy) is 2. The third-order valence-electron chi connectivity index (χ3n) is 6.06. The molecule has 0 atom stereocenters. The summed E-state index contributed by atoms with van der Waals surface area (Å²) >= 11 is 0. The lowest BCUT2D eigenvalue weighted by atomic mass is 9.85. The molecule has 6 nitrogen and oxygen atoms in total. The fraction of sp³-hybridized carbons (Fsp3) is 0.258. The Morgan fingerprint density at radius 2 is 1.59 bits per heavy atom. The summed E-state index contributed by atoms with van der Waals surface area (Å²) in [6.45, 7) is 11.7. The first-order chi connectivity index (χ1) is 17.7. The third kappa shape index (κ3) is 6.22. The molecule has 0 aliphatic heterocycles. The van der Waals surface area contributed by atoms with Gasteiger partial charge in [0.2, 0.25) is 0 Å². The first kappa shape index (κ1) is 26.0. The number of fused-ring (bicyclic) bond motifs is 1. The minimum absolute atomic E-state index is 0.0145. The number of nitrogens with zero attached hydrogens (tertiary/aromatic N) is 2. The normalized spacial score (nSPS) is 11.4. The lowest BCUT2D eigenvalue weighted by molar-refractivity contribution is 0.372.